The second kappa shape index (κ2) is 9.18. The summed E-state index contributed by atoms with van der Waals surface area (Å²) in [6.45, 7) is 12.1. The molecule has 2 N–H and O–H groups in total. The van der Waals surface area contributed by atoms with Crippen molar-refractivity contribution in [1.82, 2.24) is 10.2 Å². The maximum Gasteiger partial charge on any atom is 0.328 e. The molecule has 0 unspecified atom stereocenters. The van der Waals surface area contributed by atoms with E-state index in [4.69, 9.17) is 5.41 Å². The minimum Gasteiger partial charge on any atom is -0.343 e. The quantitative estimate of drug-likeness (QED) is 0.621. The number of rotatable bonds is 6. The van der Waals surface area contributed by atoms with E-state index >= 15 is 0 Å². The summed E-state index contributed by atoms with van der Waals surface area (Å²) in [5.74, 6) is 0.158. The molecule has 1 aromatic rings. The molecule has 0 aromatic heterocycles. The van der Waals surface area contributed by atoms with E-state index in [0.29, 0.717) is 19.6 Å². The predicted octanol–water partition coefficient (Wildman–Crippen LogP) is 3.62. The van der Waals surface area contributed by atoms with Crippen LogP contribution in [0.2, 0.25) is 0 Å². The van der Waals surface area contributed by atoms with Crippen molar-refractivity contribution in [3.63, 3.8) is 0 Å². The Bertz CT molecular complexity index is 516. The molecule has 0 bridgehead atoms. The minimum absolute atomic E-state index is 0.158. The third-order valence-corrected chi connectivity index (χ3v) is 4.10. The first-order chi connectivity index (χ1) is 11.0. The van der Waals surface area contributed by atoms with Crippen LogP contribution in [0.4, 0.5) is 10.5 Å². The Hall–Kier alpha value is -2.04. The molecule has 0 saturated carbocycles. The van der Waals surface area contributed by atoms with Gasteiger partial charge in [-0.05, 0) is 44.7 Å². The number of nitrogens with zero attached hydrogens (tertiary/aromatic N) is 2. The van der Waals surface area contributed by atoms with E-state index in [1.54, 1.807) is 4.90 Å². The molecule has 0 heterocycles. The molecule has 1 rings (SSSR count). The van der Waals surface area contributed by atoms with Gasteiger partial charge in [0.15, 0.2) is 5.96 Å². The standard InChI is InChI=1S/C18H30N4O/c1-6-14-12-11-13-15(7-2)16(14)22(10-5)18(23)20-17(19)21(8-3)9-4/h11-13H,6-10H2,1-5H3,(H2,19,20,23). The van der Waals surface area contributed by atoms with Crippen molar-refractivity contribution in [3.8, 4) is 0 Å². The smallest absolute Gasteiger partial charge is 0.328 e. The van der Waals surface area contributed by atoms with Crippen molar-refractivity contribution < 1.29 is 4.79 Å². The van der Waals surface area contributed by atoms with Crippen molar-refractivity contribution in [2.45, 2.75) is 47.5 Å². The largest absolute Gasteiger partial charge is 0.343 e. The van der Waals surface area contributed by atoms with Gasteiger partial charge in [0.2, 0.25) is 0 Å². The molecule has 0 atom stereocenters. The van der Waals surface area contributed by atoms with Gasteiger partial charge >= 0.3 is 6.03 Å². The molecule has 0 spiro atoms. The van der Waals surface area contributed by atoms with Crippen molar-refractivity contribution in [1.29, 1.82) is 5.41 Å². The molecule has 5 nitrogen and oxygen atoms in total. The number of urea groups is 1. The summed E-state index contributed by atoms with van der Waals surface area (Å²) in [5.41, 5.74) is 3.32. The third kappa shape index (κ3) is 4.47. The highest BCUT2D eigenvalue weighted by molar-refractivity contribution is 6.03. The zero-order chi connectivity index (χ0) is 17.4. The molecule has 0 saturated heterocycles. The van der Waals surface area contributed by atoms with Crippen molar-refractivity contribution in [2.24, 2.45) is 0 Å². The average molecular weight is 318 g/mol. The normalized spacial score (nSPS) is 10.3. The van der Waals surface area contributed by atoms with Crippen LogP contribution in [-0.4, -0.2) is 36.5 Å². The lowest BCUT2D eigenvalue weighted by atomic mass is 10.0. The summed E-state index contributed by atoms with van der Waals surface area (Å²) in [6, 6.07) is 5.95. The lowest BCUT2D eigenvalue weighted by molar-refractivity contribution is 0.249. The lowest BCUT2D eigenvalue weighted by Crippen LogP contribution is -2.49. The maximum atomic E-state index is 12.7. The number of aryl methyl sites for hydroxylation is 2. The van der Waals surface area contributed by atoms with Crippen LogP contribution in [0.25, 0.3) is 0 Å². The topological polar surface area (TPSA) is 59.4 Å². The van der Waals surface area contributed by atoms with Crippen LogP contribution in [0.3, 0.4) is 0 Å². The molecule has 0 aliphatic heterocycles. The molecular weight excluding hydrogens is 288 g/mol. The molecule has 128 valence electrons. The van der Waals surface area contributed by atoms with Gasteiger partial charge in [-0.2, -0.15) is 0 Å². The first kappa shape index (κ1) is 19.0. The Balaban J connectivity index is 3.09. The summed E-state index contributed by atoms with van der Waals surface area (Å²) in [5, 5.41) is 10.8. The van der Waals surface area contributed by atoms with Crippen LogP contribution in [0.5, 0.6) is 0 Å². The Labute approximate surface area is 140 Å². The molecule has 0 fully saturated rings. The van der Waals surface area contributed by atoms with E-state index in [1.165, 1.54) is 0 Å². The third-order valence-electron chi connectivity index (χ3n) is 4.10. The van der Waals surface area contributed by atoms with Gasteiger partial charge in [-0.25, -0.2) is 4.79 Å². The Morgan fingerprint density at radius 2 is 1.52 bits per heavy atom. The summed E-state index contributed by atoms with van der Waals surface area (Å²) in [6.07, 6.45) is 1.75. The maximum absolute atomic E-state index is 12.7. The number of hydrogen-bond donors (Lipinski definition) is 2. The fourth-order valence-electron chi connectivity index (χ4n) is 2.75. The van der Waals surface area contributed by atoms with Crippen LogP contribution < -0.4 is 10.2 Å². The van der Waals surface area contributed by atoms with Crippen LogP contribution in [0.1, 0.15) is 45.7 Å². The molecule has 0 aliphatic rings. The summed E-state index contributed by atoms with van der Waals surface area (Å²) in [4.78, 5) is 16.3. The van der Waals surface area contributed by atoms with Gasteiger partial charge < -0.3 is 4.90 Å². The Kier molecular flexibility index (Phi) is 7.59. The van der Waals surface area contributed by atoms with Crippen LogP contribution >= 0.6 is 0 Å². The number of anilines is 1. The van der Waals surface area contributed by atoms with E-state index in [-0.39, 0.29) is 12.0 Å². The lowest BCUT2D eigenvalue weighted by Gasteiger charge is -2.28. The Morgan fingerprint density at radius 1 is 1.00 bits per heavy atom. The summed E-state index contributed by atoms with van der Waals surface area (Å²) >= 11 is 0. The van der Waals surface area contributed by atoms with Crippen LogP contribution in [-0.2, 0) is 12.8 Å². The number of benzene rings is 1. The van der Waals surface area contributed by atoms with Gasteiger partial charge in [-0.3, -0.25) is 15.6 Å². The van der Waals surface area contributed by atoms with E-state index < -0.39 is 0 Å². The monoisotopic (exact) mass is 318 g/mol. The number of guanidine groups is 1. The number of amides is 2. The zero-order valence-corrected chi connectivity index (χ0v) is 15.1. The molecule has 0 aliphatic carbocycles. The van der Waals surface area contributed by atoms with Crippen LogP contribution in [0.15, 0.2) is 18.2 Å². The fourth-order valence-corrected chi connectivity index (χ4v) is 2.75. The summed E-state index contributed by atoms with van der Waals surface area (Å²) in [7, 11) is 0. The van der Waals surface area contributed by atoms with E-state index in [9.17, 15) is 4.79 Å². The first-order valence-corrected chi connectivity index (χ1v) is 8.56. The second-order valence-electron chi connectivity index (χ2n) is 5.33. The highest BCUT2D eigenvalue weighted by Gasteiger charge is 2.21. The van der Waals surface area contributed by atoms with Crippen molar-refractivity contribution >= 4 is 17.7 Å². The number of para-hydroxylation sites is 1. The first-order valence-electron chi connectivity index (χ1n) is 8.56. The van der Waals surface area contributed by atoms with E-state index in [2.05, 4.69) is 31.3 Å². The molecule has 5 heteroatoms. The van der Waals surface area contributed by atoms with E-state index in [0.717, 1.165) is 29.7 Å². The molecular formula is C18H30N4O. The fraction of sp³-hybridized carbons (Fsp3) is 0.556. The number of carbonyl (C=O) groups is 1. The average Bonchev–Trinajstić information content (AvgIpc) is 2.56. The van der Waals surface area contributed by atoms with Crippen molar-refractivity contribution in [2.75, 3.05) is 24.5 Å². The molecule has 2 amide bonds. The summed E-state index contributed by atoms with van der Waals surface area (Å²) < 4.78 is 0. The number of nitrogens with one attached hydrogen (secondary N) is 2. The minimum atomic E-state index is -0.236. The SMILES string of the molecule is CCc1cccc(CC)c1N(CC)C(=O)NC(=N)N(CC)CC. The number of carbonyl (C=O) groups excluding carboxylic acids is 1. The van der Waals surface area contributed by atoms with Gasteiger partial charge in [-0.1, -0.05) is 32.0 Å². The second-order valence-corrected chi connectivity index (χ2v) is 5.33. The van der Waals surface area contributed by atoms with Gasteiger partial charge in [0, 0.05) is 19.6 Å². The van der Waals surface area contributed by atoms with E-state index in [1.807, 2.05) is 31.7 Å². The van der Waals surface area contributed by atoms with Gasteiger partial charge in [0.05, 0.1) is 5.69 Å². The molecule has 23 heavy (non-hydrogen) atoms. The zero-order valence-electron chi connectivity index (χ0n) is 15.1. The molecule has 0 radical (unpaired) electrons. The van der Waals surface area contributed by atoms with Crippen molar-refractivity contribution in [3.05, 3.63) is 29.3 Å². The molecule has 1 aromatic carbocycles. The van der Waals surface area contributed by atoms with Gasteiger partial charge in [0.25, 0.3) is 0 Å². The highest BCUT2D eigenvalue weighted by atomic mass is 16.2. The highest BCUT2D eigenvalue weighted by Crippen LogP contribution is 2.27. The van der Waals surface area contributed by atoms with Gasteiger partial charge in [-0.15, -0.1) is 0 Å². The van der Waals surface area contributed by atoms with Gasteiger partial charge in [0.1, 0.15) is 0 Å². The Morgan fingerprint density at radius 3 is 1.91 bits per heavy atom. The van der Waals surface area contributed by atoms with Crippen LogP contribution in [0, 0.1) is 5.41 Å². The predicted molar refractivity (Wildman–Crippen MR) is 97.4 cm³/mol. The number of hydrogen-bond acceptors (Lipinski definition) is 2.